The van der Waals surface area contributed by atoms with Crippen molar-refractivity contribution in [3.05, 3.63) is 59.7 Å². The molecule has 146 valence electrons. The molecule has 1 N–H and O–H groups in total. The highest BCUT2D eigenvalue weighted by Gasteiger charge is 2.26. The fraction of sp³-hybridized carbons (Fsp3) is 0.333. The number of hydrogen-bond donors (Lipinski definition) is 1. The normalized spacial score (nSPS) is 16.1. The fourth-order valence-corrected chi connectivity index (χ4v) is 3.40. The summed E-state index contributed by atoms with van der Waals surface area (Å²) in [6.07, 6.45) is 0. The van der Waals surface area contributed by atoms with Crippen molar-refractivity contribution < 1.29 is 19.1 Å². The molecule has 28 heavy (non-hydrogen) atoms. The second kappa shape index (κ2) is 8.31. The second-order valence-corrected chi connectivity index (χ2v) is 6.92. The maximum absolute atomic E-state index is 12.4. The second-order valence-electron chi connectivity index (χ2n) is 6.92. The summed E-state index contributed by atoms with van der Waals surface area (Å²) in [6.45, 7) is 3.98. The van der Waals surface area contributed by atoms with Gasteiger partial charge in [-0.15, -0.1) is 0 Å². The van der Waals surface area contributed by atoms with Crippen molar-refractivity contribution in [1.82, 2.24) is 15.1 Å². The lowest BCUT2D eigenvalue weighted by Crippen LogP contribution is -2.52. The Bertz CT molecular complexity index is 848. The number of ether oxygens (including phenoxy) is 2. The van der Waals surface area contributed by atoms with Crippen molar-refractivity contribution in [2.45, 2.75) is 13.1 Å². The first-order valence-corrected chi connectivity index (χ1v) is 9.41. The SMILES string of the molecule is O=C(NCc1ccc2c(c1)OCO2)C(=O)N1CCN(Cc2ccccc2)CC1. The predicted molar refractivity (Wildman–Crippen MR) is 103 cm³/mol. The lowest BCUT2D eigenvalue weighted by atomic mass is 10.2. The van der Waals surface area contributed by atoms with Crippen LogP contribution < -0.4 is 14.8 Å². The Morgan fingerprint density at radius 3 is 2.43 bits per heavy atom. The number of piperazine rings is 1. The Labute approximate surface area is 163 Å². The van der Waals surface area contributed by atoms with Gasteiger partial charge in [0.05, 0.1) is 0 Å². The van der Waals surface area contributed by atoms with Crippen LogP contribution in [0.5, 0.6) is 11.5 Å². The summed E-state index contributed by atoms with van der Waals surface area (Å²) in [5.74, 6) is 0.307. The Hall–Kier alpha value is -3.06. The zero-order valence-electron chi connectivity index (χ0n) is 15.6. The molecule has 0 saturated carbocycles. The van der Waals surface area contributed by atoms with Crippen LogP contribution in [0.25, 0.3) is 0 Å². The lowest BCUT2D eigenvalue weighted by molar-refractivity contribution is -0.147. The van der Waals surface area contributed by atoms with Crippen LogP contribution in [0, 0.1) is 0 Å². The number of nitrogens with one attached hydrogen (secondary N) is 1. The van der Waals surface area contributed by atoms with Gasteiger partial charge < -0.3 is 19.7 Å². The van der Waals surface area contributed by atoms with Crippen LogP contribution in [-0.2, 0) is 22.7 Å². The third kappa shape index (κ3) is 4.26. The molecule has 1 fully saturated rings. The van der Waals surface area contributed by atoms with Crippen LogP contribution in [0.15, 0.2) is 48.5 Å². The maximum Gasteiger partial charge on any atom is 0.311 e. The highest BCUT2D eigenvalue weighted by atomic mass is 16.7. The molecule has 0 radical (unpaired) electrons. The predicted octanol–water partition coefficient (Wildman–Crippen LogP) is 1.38. The summed E-state index contributed by atoms with van der Waals surface area (Å²) in [5.41, 5.74) is 2.11. The van der Waals surface area contributed by atoms with E-state index < -0.39 is 11.8 Å². The molecule has 0 unspecified atom stereocenters. The number of nitrogens with zero attached hydrogens (tertiary/aromatic N) is 2. The zero-order chi connectivity index (χ0) is 19.3. The van der Waals surface area contributed by atoms with E-state index in [1.54, 1.807) is 11.0 Å². The molecule has 2 aliphatic heterocycles. The van der Waals surface area contributed by atoms with Crippen LogP contribution in [-0.4, -0.2) is 54.6 Å². The molecule has 0 bridgehead atoms. The summed E-state index contributed by atoms with van der Waals surface area (Å²) in [5, 5.41) is 2.70. The molecule has 0 aromatic heterocycles. The van der Waals surface area contributed by atoms with Crippen molar-refractivity contribution in [1.29, 1.82) is 0 Å². The van der Waals surface area contributed by atoms with E-state index in [2.05, 4.69) is 22.3 Å². The van der Waals surface area contributed by atoms with E-state index in [0.29, 0.717) is 24.6 Å². The first-order chi connectivity index (χ1) is 13.7. The average molecular weight is 381 g/mol. The summed E-state index contributed by atoms with van der Waals surface area (Å²) < 4.78 is 10.6. The number of amides is 2. The minimum atomic E-state index is -0.575. The molecule has 2 heterocycles. The van der Waals surface area contributed by atoms with Gasteiger partial charge in [0.1, 0.15) is 0 Å². The molecule has 0 aliphatic carbocycles. The molecule has 7 heteroatoms. The molecule has 2 aromatic carbocycles. The number of carbonyl (C=O) groups excluding carboxylic acids is 2. The molecule has 2 aliphatic rings. The van der Waals surface area contributed by atoms with E-state index in [9.17, 15) is 9.59 Å². The van der Waals surface area contributed by atoms with Crippen molar-refractivity contribution in [2.75, 3.05) is 33.0 Å². The first-order valence-electron chi connectivity index (χ1n) is 9.41. The molecule has 7 nitrogen and oxygen atoms in total. The number of benzene rings is 2. The van der Waals surface area contributed by atoms with Crippen LogP contribution in [0.1, 0.15) is 11.1 Å². The van der Waals surface area contributed by atoms with Crippen LogP contribution in [0.2, 0.25) is 0 Å². The largest absolute Gasteiger partial charge is 0.454 e. The molecule has 2 amide bonds. The third-order valence-electron chi connectivity index (χ3n) is 4.99. The molecule has 2 aromatic rings. The summed E-state index contributed by atoms with van der Waals surface area (Å²) in [7, 11) is 0. The Balaban J connectivity index is 1.24. The highest BCUT2D eigenvalue weighted by Crippen LogP contribution is 2.32. The van der Waals surface area contributed by atoms with E-state index >= 15 is 0 Å². The minimum absolute atomic E-state index is 0.208. The van der Waals surface area contributed by atoms with Gasteiger partial charge in [-0.05, 0) is 23.3 Å². The van der Waals surface area contributed by atoms with Crippen LogP contribution >= 0.6 is 0 Å². The topological polar surface area (TPSA) is 71.1 Å². The van der Waals surface area contributed by atoms with Gasteiger partial charge in [-0.1, -0.05) is 36.4 Å². The van der Waals surface area contributed by atoms with E-state index in [0.717, 1.165) is 25.2 Å². The lowest BCUT2D eigenvalue weighted by Gasteiger charge is -2.34. The molecular weight excluding hydrogens is 358 g/mol. The van der Waals surface area contributed by atoms with Gasteiger partial charge in [0.25, 0.3) is 0 Å². The molecular formula is C21H23N3O4. The van der Waals surface area contributed by atoms with Crippen molar-refractivity contribution in [3.63, 3.8) is 0 Å². The van der Waals surface area contributed by atoms with Gasteiger partial charge in [0.2, 0.25) is 6.79 Å². The monoisotopic (exact) mass is 381 g/mol. The molecule has 0 atom stereocenters. The van der Waals surface area contributed by atoms with Crippen LogP contribution in [0.3, 0.4) is 0 Å². The van der Waals surface area contributed by atoms with Crippen molar-refractivity contribution in [2.24, 2.45) is 0 Å². The fourth-order valence-electron chi connectivity index (χ4n) is 3.40. The standard InChI is InChI=1S/C21H23N3O4/c25-20(22-13-17-6-7-18-19(12-17)28-15-27-18)21(26)24-10-8-23(9-11-24)14-16-4-2-1-3-5-16/h1-7,12H,8-11,13-15H2,(H,22,25). The molecule has 0 spiro atoms. The Morgan fingerprint density at radius 2 is 1.64 bits per heavy atom. The van der Waals surface area contributed by atoms with Gasteiger partial charge >= 0.3 is 11.8 Å². The quantitative estimate of drug-likeness (QED) is 0.811. The molecule has 1 saturated heterocycles. The minimum Gasteiger partial charge on any atom is -0.454 e. The molecule has 4 rings (SSSR count). The maximum atomic E-state index is 12.4. The first kappa shape index (κ1) is 18.3. The summed E-state index contributed by atoms with van der Waals surface area (Å²) in [6, 6.07) is 15.7. The third-order valence-corrected chi connectivity index (χ3v) is 4.99. The number of rotatable bonds is 4. The van der Waals surface area contributed by atoms with Crippen molar-refractivity contribution in [3.8, 4) is 11.5 Å². The average Bonchev–Trinajstić information content (AvgIpc) is 3.21. The number of hydrogen-bond acceptors (Lipinski definition) is 5. The zero-order valence-corrected chi connectivity index (χ0v) is 15.6. The van der Waals surface area contributed by atoms with Crippen molar-refractivity contribution >= 4 is 11.8 Å². The van der Waals surface area contributed by atoms with Gasteiger partial charge in [-0.3, -0.25) is 14.5 Å². The summed E-state index contributed by atoms with van der Waals surface area (Å²) >= 11 is 0. The number of carbonyl (C=O) groups is 2. The van der Waals surface area contributed by atoms with E-state index in [1.807, 2.05) is 30.3 Å². The van der Waals surface area contributed by atoms with Gasteiger partial charge in [0, 0.05) is 39.3 Å². The highest BCUT2D eigenvalue weighted by molar-refractivity contribution is 6.35. The van der Waals surface area contributed by atoms with Gasteiger partial charge in [-0.25, -0.2) is 0 Å². The van der Waals surface area contributed by atoms with Crippen LogP contribution in [0.4, 0.5) is 0 Å². The number of fused-ring (bicyclic) bond motifs is 1. The van der Waals surface area contributed by atoms with Gasteiger partial charge in [0.15, 0.2) is 11.5 Å². The Kier molecular flexibility index (Phi) is 5.43. The Morgan fingerprint density at radius 1 is 0.893 bits per heavy atom. The smallest absolute Gasteiger partial charge is 0.311 e. The summed E-state index contributed by atoms with van der Waals surface area (Å²) in [4.78, 5) is 28.6. The van der Waals surface area contributed by atoms with E-state index in [4.69, 9.17) is 9.47 Å². The van der Waals surface area contributed by atoms with E-state index in [-0.39, 0.29) is 13.3 Å². The van der Waals surface area contributed by atoms with E-state index in [1.165, 1.54) is 5.56 Å². The van der Waals surface area contributed by atoms with Gasteiger partial charge in [-0.2, -0.15) is 0 Å².